The van der Waals surface area contributed by atoms with Gasteiger partial charge in [0.2, 0.25) is 0 Å². The van der Waals surface area contributed by atoms with Crippen molar-refractivity contribution in [2.24, 2.45) is 0 Å². The minimum absolute atomic E-state index is 0.117. The molecule has 9 heteroatoms. The van der Waals surface area contributed by atoms with E-state index < -0.39 is 11.9 Å². The molecule has 0 saturated heterocycles. The van der Waals surface area contributed by atoms with Crippen LogP contribution < -0.4 is 10.1 Å². The van der Waals surface area contributed by atoms with E-state index in [0.29, 0.717) is 16.6 Å². The number of pyridine rings is 1. The maximum absolute atomic E-state index is 12.8. The molecule has 2 aromatic heterocycles. The number of fused-ring (bicyclic) bond motifs is 1. The minimum atomic E-state index is -0.600. The van der Waals surface area contributed by atoms with Crippen molar-refractivity contribution in [2.75, 3.05) is 18.5 Å². The molecule has 180 valence electrons. The standard InChI is InChI=1S/C26H25ClN4O4/c1-5-34-26(33)21-13-28-31(22-12-16(3)20-11-15(2)10-17(4)24(20)29-22)25(21)30-23(32)14-35-19-8-6-18(27)7-9-19/h6-13H,5,14H2,1-4H3,(H,30,32). The molecule has 0 aliphatic carbocycles. The van der Waals surface area contributed by atoms with Gasteiger partial charge in [-0.1, -0.05) is 23.2 Å². The van der Waals surface area contributed by atoms with E-state index in [1.54, 1.807) is 31.2 Å². The fraction of sp³-hybridized carbons (Fsp3) is 0.231. The summed E-state index contributed by atoms with van der Waals surface area (Å²) in [6, 6.07) is 12.7. The van der Waals surface area contributed by atoms with Gasteiger partial charge in [-0.3, -0.25) is 4.79 Å². The number of halogens is 1. The molecule has 2 heterocycles. The maximum atomic E-state index is 12.8. The summed E-state index contributed by atoms with van der Waals surface area (Å²) in [7, 11) is 0. The number of aromatic nitrogens is 3. The van der Waals surface area contributed by atoms with Gasteiger partial charge in [0.05, 0.1) is 18.3 Å². The van der Waals surface area contributed by atoms with Crippen molar-refractivity contribution in [1.29, 1.82) is 0 Å². The number of rotatable bonds is 7. The molecule has 0 aliphatic rings. The molecule has 1 N–H and O–H groups in total. The van der Waals surface area contributed by atoms with E-state index in [4.69, 9.17) is 26.1 Å². The second kappa shape index (κ2) is 10.1. The number of nitrogens with one attached hydrogen (secondary N) is 1. The number of carbonyl (C=O) groups is 2. The van der Waals surface area contributed by atoms with Gasteiger partial charge in [0.1, 0.15) is 11.3 Å². The van der Waals surface area contributed by atoms with E-state index in [0.717, 1.165) is 27.6 Å². The lowest BCUT2D eigenvalue weighted by Gasteiger charge is -2.14. The molecule has 1 amide bonds. The first-order valence-electron chi connectivity index (χ1n) is 11.1. The molecular formula is C26H25ClN4O4. The highest BCUT2D eigenvalue weighted by molar-refractivity contribution is 6.30. The highest BCUT2D eigenvalue weighted by Crippen LogP contribution is 2.27. The Morgan fingerprint density at radius 3 is 2.51 bits per heavy atom. The number of nitrogens with zero attached hydrogens (tertiary/aromatic N) is 3. The van der Waals surface area contributed by atoms with Crippen molar-refractivity contribution in [2.45, 2.75) is 27.7 Å². The second-order valence-electron chi connectivity index (χ2n) is 8.11. The van der Waals surface area contributed by atoms with Crippen LogP contribution in [0.4, 0.5) is 5.82 Å². The largest absolute Gasteiger partial charge is 0.484 e. The van der Waals surface area contributed by atoms with Gasteiger partial charge >= 0.3 is 5.97 Å². The summed E-state index contributed by atoms with van der Waals surface area (Å²) in [5.41, 5.74) is 4.09. The second-order valence-corrected chi connectivity index (χ2v) is 8.54. The molecule has 0 unspecified atom stereocenters. The fourth-order valence-corrected chi connectivity index (χ4v) is 3.91. The van der Waals surface area contributed by atoms with Crippen LogP contribution in [0.5, 0.6) is 5.75 Å². The number of carbonyl (C=O) groups excluding carboxylic acids is 2. The number of aryl methyl sites for hydroxylation is 3. The van der Waals surface area contributed by atoms with Crippen LogP contribution in [-0.4, -0.2) is 39.9 Å². The molecule has 0 aliphatic heterocycles. The van der Waals surface area contributed by atoms with Crippen molar-refractivity contribution in [3.05, 3.63) is 75.9 Å². The summed E-state index contributed by atoms with van der Waals surface area (Å²) in [6.07, 6.45) is 1.36. The van der Waals surface area contributed by atoms with E-state index in [1.165, 1.54) is 10.9 Å². The minimum Gasteiger partial charge on any atom is -0.484 e. The van der Waals surface area contributed by atoms with Crippen molar-refractivity contribution in [3.63, 3.8) is 0 Å². The molecule has 0 fully saturated rings. The molecule has 0 radical (unpaired) electrons. The third-order valence-electron chi connectivity index (χ3n) is 5.36. The van der Waals surface area contributed by atoms with E-state index >= 15 is 0 Å². The van der Waals surface area contributed by atoms with Crippen molar-refractivity contribution in [1.82, 2.24) is 14.8 Å². The molecule has 35 heavy (non-hydrogen) atoms. The van der Waals surface area contributed by atoms with Gasteiger partial charge in [-0.05, 0) is 75.2 Å². The van der Waals surface area contributed by atoms with Crippen LogP contribution in [0, 0.1) is 20.8 Å². The van der Waals surface area contributed by atoms with E-state index in [2.05, 4.69) is 22.5 Å². The first-order chi connectivity index (χ1) is 16.8. The van der Waals surface area contributed by atoms with Crippen molar-refractivity contribution in [3.8, 4) is 11.6 Å². The molecule has 8 nitrogen and oxygen atoms in total. The predicted molar refractivity (Wildman–Crippen MR) is 135 cm³/mol. The summed E-state index contributed by atoms with van der Waals surface area (Å²) < 4.78 is 12.1. The number of ether oxygens (including phenoxy) is 2. The summed E-state index contributed by atoms with van der Waals surface area (Å²) in [5.74, 6) is 0.0328. The van der Waals surface area contributed by atoms with Crippen LogP contribution in [0.1, 0.15) is 34.0 Å². The van der Waals surface area contributed by atoms with Gasteiger partial charge in [0.15, 0.2) is 18.2 Å². The van der Waals surface area contributed by atoms with Crippen LogP contribution in [0.25, 0.3) is 16.7 Å². The Morgan fingerprint density at radius 2 is 1.80 bits per heavy atom. The van der Waals surface area contributed by atoms with Gasteiger partial charge in [-0.2, -0.15) is 9.78 Å². The maximum Gasteiger partial charge on any atom is 0.343 e. The molecule has 4 rings (SSSR count). The topological polar surface area (TPSA) is 95.3 Å². The molecule has 0 atom stereocenters. The molecule has 2 aromatic carbocycles. The average molecular weight is 493 g/mol. The lowest BCUT2D eigenvalue weighted by Crippen LogP contribution is -2.23. The number of hydrogen-bond donors (Lipinski definition) is 1. The first kappa shape index (κ1) is 24.2. The van der Waals surface area contributed by atoms with Crippen LogP contribution in [0.3, 0.4) is 0 Å². The summed E-state index contributed by atoms with van der Waals surface area (Å²) in [4.78, 5) is 30.1. The normalized spacial score (nSPS) is 10.9. The molecular weight excluding hydrogens is 468 g/mol. The van der Waals surface area contributed by atoms with Crippen LogP contribution in [0.15, 0.2) is 48.7 Å². The van der Waals surface area contributed by atoms with Crippen molar-refractivity contribution < 1.29 is 19.1 Å². The van der Waals surface area contributed by atoms with Crippen LogP contribution in [-0.2, 0) is 9.53 Å². The molecule has 4 aromatic rings. The number of amides is 1. The zero-order chi connectivity index (χ0) is 25.1. The number of anilines is 1. The van der Waals surface area contributed by atoms with Gasteiger partial charge in [-0.15, -0.1) is 0 Å². The zero-order valence-electron chi connectivity index (χ0n) is 19.9. The number of esters is 1. The smallest absolute Gasteiger partial charge is 0.343 e. The SMILES string of the molecule is CCOC(=O)c1cnn(-c2cc(C)c3cc(C)cc(C)c3n2)c1NC(=O)COc1ccc(Cl)cc1. The zero-order valence-corrected chi connectivity index (χ0v) is 20.6. The number of benzene rings is 2. The predicted octanol–water partition coefficient (Wildman–Crippen LogP) is 5.19. The Labute approximate surface area is 207 Å². The Kier molecular flexibility index (Phi) is 7.02. The molecule has 0 bridgehead atoms. The Morgan fingerprint density at radius 1 is 1.06 bits per heavy atom. The molecule has 0 saturated carbocycles. The lowest BCUT2D eigenvalue weighted by molar-refractivity contribution is -0.118. The monoisotopic (exact) mass is 492 g/mol. The average Bonchev–Trinajstić information content (AvgIpc) is 3.23. The third-order valence-corrected chi connectivity index (χ3v) is 5.62. The lowest BCUT2D eigenvalue weighted by atomic mass is 10.0. The van der Waals surface area contributed by atoms with Crippen molar-refractivity contribution >= 4 is 40.2 Å². The highest BCUT2D eigenvalue weighted by Gasteiger charge is 2.23. The van der Waals surface area contributed by atoms with Crippen LogP contribution >= 0.6 is 11.6 Å². The summed E-state index contributed by atoms with van der Waals surface area (Å²) in [5, 5.41) is 8.69. The Bertz CT molecular complexity index is 1410. The van der Waals surface area contributed by atoms with E-state index in [1.807, 2.05) is 26.8 Å². The summed E-state index contributed by atoms with van der Waals surface area (Å²) in [6.45, 7) is 7.63. The van der Waals surface area contributed by atoms with Gasteiger partial charge < -0.3 is 14.8 Å². The quantitative estimate of drug-likeness (QED) is 0.356. The highest BCUT2D eigenvalue weighted by atomic mass is 35.5. The Balaban J connectivity index is 1.69. The first-order valence-corrected chi connectivity index (χ1v) is 11.5. The van der Waals surface area contributed by atoms with E-state index in [9.17, 15) is 9.59 Å². The third kappa shape index (κ3) is 5.27. The van der Waals surface area contributed by atoms with Gasteiger partial charge in [0.25, 0.3) is 5.91 Å². The fourth-order valence-electron chi connectivity index (χ4n) is 3.78. The van der Waals surface area contributed by atoms with Crippen LogP contribution in [0.2, 0.25) is 5.02 Å². The molecule has 0 spiro atoms. The Hall–Kier alpha value is -3.91. The van der Waals surface area contributed by atoms with Gasteiger partial charge in [-0.25, -0.2) is 9.78 Å². The van der Waals surface area contributed by atoms with Gasteiger partial charge in [0, 0.05) is 10.4 Å². The number of hydrogen-bond acceptors (Lipinski definition) is 6. The summed E-state index contributed by atoms with van der Waals surface area (Å²) >= 11 is 5.89. The van der Waals surface area contributed by atoms with E-state index in [-0.39, 0.29) is 24.6 Å².